The van der Waals surface area contributed by atoms with Gasteiger partial charge in [-0.25, -0.2) is 0 Å². The standard InChI is InChI=1S/C7H12O3/c1-5-3-4-6(8)7(9-2)10-5/h3-8H,1-2H3/t5-,6-,7-/m1/s1. The number of rotatable bonds is 1. The third-order valence-corrected chi connectivity index (χ3v) is 1.44. The van der Waals surface area contributed by atoms with Crippen molar-refractivity contribution in [3.05, 3.63) is 12.2 Å². The van der Waals surface area contributed by atoms with Gasteiger partial charge in [0, 0.05) is 7.11 Å². The second kappa shape index (κ2) is 3.14. The Balaban J connectivity index is 2.53. The third kappa shape index (κ3) is 1.56. The van der Waals surface area contributed by atoms with Crippen molar-refractivity contribution in [3.63, 3.8) is 0 Å². The van der Waals surface area contributed by atoms with Crippen LogP contribution in [0.2, 0.25) is 0 Å². The summed E-state index contributed by atoms with van der Waals surface area (Å²) in [6.45, 7) is 1.90. The van der Waals surface area contributed by atoms with E-state index in [1.165, 1.54) is 7.11 Å². The van der Waals surface area contributed by atoms with Crippen LogP contribution in [-0.4, -0.2) is 30.7 Å². The molecule has 0 amide bonds. The van der Waals surface area contributed by atoms with Crippen LogP contribution in [0.3, 0.4) is 0 Å². The second-order valence-corrected chi connectivity index (χ2v) is 2.32. The van der Waals surface area contributed by atoms with E-state index in [0.29, 0.717) is 0 Å². The molecule has 1 rings (SSSR count). The first-order chi connectivity index (χ1) is 4.74. The molecule has 0 aromatic rings. The summed E-state index contributed by atoms with van der Waals surface area (Å²) < 4.78 is 10.0. The Hall–Kier alpha value is -0.380. The predicted octanol–water partition coefficient (Wildman–Crippen LogP) is 0.295. The minimum absolute atomic E-state index is 0.0355. The number of methoxy groups -OCH3 is 1. The summed E-state index contributed by atoms with van der Waals surface area (Å²) in [6.07, 6.45) is 2.40. The highest BCUT2D eigenvalue weighted by molar-refractivity contribution is 4.98. The van der Waals surface area contributed by atoms with Gasteiger partial charge in [0.2, 0.25) is 0 Å². The molecule has 3 heteroatoms. The van der Waals surface area contributed by atoms with Gasteiger partial charge in [0.1, 0.15) is 6.10 Å². The summed E-state index contributed by atoms with van der Waals surface area (Å²) in [5.74, 6) is 0. The van der Waals surface area contributed by atoms with Crippen LogP contribution in [0.1, 0.15) is 6.92 Å². The Morgan fingerprint density at radius 3 is 2.70 bits per heavy atom. The van der Waals surface area contributed by atoms with E-state index < -0.39 is 12.4 Å². The minimum Gasteiger partial charge on any atom is -0.384 e. The van der Waals surface area contributed by atoms with Crippen molar-refractivity contribution in [1.82, 2.24) is 0 Å². The third-order valence-electron chi connectivity index (χ3n) is 1.44. The number of aliphatic hydroxyl groups excluding tert-OH is 1. The first kappa shape index (κ1) is 7.72. The van der Waals surface area contributed by atoms with E-state index in [1.54, 1.807) is 12.2 Å². The normalized spacial score (nSPS) is 40.1. The molecular weight excluding hydrogens is 132 g/mol. The Bertz CT molecular complexity index is 133. The molecule has 0 fully saturated rings. The van der Waals surface area contributed by atoms with Gasteiger partial charge in [-0.2, -0.15) is 0 Å². The zero-order valence-corrected chi connectivity index (χ0v) is 6.15. The van der Waals surface area contributed by atoms with Crippen LogP contribution < -0.4 is 0 Å². The van der Waals surface area contributed by atoms with Crippen LogP contribution in [0.5, 0.6) is 0 Å². The molecule has 0 saturated carbocycles. The van der Waals surface area contributed by atoms with Crippen LogP contribution in [-0.2, 0) is 9.47 Å². The first-order valence-corrected chi connectivity index (χ1v) is 3.28. The lowest BCUT2D eigenvalue weighted by Crippen LogP contribution is -2.35. The van der Waals surface area contributed by atoms with Gasteiger partial charge in [0.15, 0.2) is 6.29 Å². The van der Waals surface area contributed by atoms with E-state index in [-0.39, 0.29) is 6.10 Å². The lowest BCUT2D eigenvalue weighted by Gasteiger charge is -2.26. The maximum atomic E-state index is 9.15. The molecule has 0 radical (unpaired) electrons. The lowest BCUT2D eigenvalue weighted by molar-refractivity contribution is -0.186. The van der Waals surface area contributed by atoms with Gasteiger partial charge in [-0.05, 0) is 6.92 Å². The van der Waals surface area contributed by atoms with Gasteiger partial charge in [0.05, 0.1) is 6.10 Å². The van der Waals surface area contributed by atoms with Crippen LogP contribution in [0.15, 0.2) is 12.2 Å². The molecule has 0 bridgehead atoms. The molecule has 0 aliphatic carbocycles. The van der Waals surface area contributed by atoms with E-state index >= 15 is 0 Å². The van der Waals surface area contributed by atoms with Crippen molar-refractivity contribution in [1.29, 1.82) is 0 Å². The fourth-order valence-corrected chi connectivity index (χ4v) is 0.893. The van der Waals surface area contributed by atoms with Gasteiger partial charge in [0.25, 0.3) is 0 Å². The first-order valence-electron chi connectivity index (χ1n) is 3.28. The molecule has 10 heavy (non-hydrogen) atoms. The predicted molar refractivity (Wildman–Crippen MR) is 36.5 cm³/mol. The maximum Gasteiger partial charge on any atom is 0.187 e. The van der Waals surface area contributed by atoms with E-state index in [9.17, 15) is 0 Å². The van der Waals surface area contributed by atoms with Crippen LogP contribution in [0.4, 0.5) is 0 Å². The molecule has 0 saturated heterocycles. The Morgan fingerprint density at radius 2 is 2.20 bits per heavy atom. The van der Waals surface area contributed by atoms with Crippen molar-refractivity contribution in [3.8, 4) is 0 Å². The Labute approximate surface area is 60.3 Å². The van der Waals surface area contributed by atoms with Crippen LogP contribution in [0, 0.1) is 0 Å². The molecule has 0 aromatic carbocycles. The fourth-order valence-electron chi connectivity index (χ4n) is 0.893. The molecular formula is C7H12O3. The molecule has 0 spiro atoms. The molecule has 1 N–H and O–H groups in total. The summed E-state index contributed by atoms with van der Waals surface area (Å²) in [4.78, 5) is 0. The number of aliphatic hydroxyl groups is 1. The lowest BCUT2D eigenvalue weighted by atomic mass is 10.2. The molecule has 3 atom stereocenters. The van der Waals surface area contributed by atoms with Crippen LogP contribution >= 0.6 is 0 Å². The molecule has 3 nitrogen and oxygen atoms in total. The molecule has 58 valence electrons. The van der Waals surface area contributed by atoms with E-state index in [0.717, 1.165) is 0 Å². The highest BCUT2D eigenvalue weighted by Crippen LogP contribution is 2.12. The largest absolute Gasteiger partial charge is 0.384 e. The summed E-state index contributed by atoms with van der Waals surface area (Å²) in [6, 6.07) is 0. The second-order valence-electron chi connectivity index (χ2n) is 2.32. The topological polar surface area (TPSA) is 38.7 Å². The summed E-state index contributed by atoms with van der Waals surface area (Å²) in [5.41, 5.74) is 0. The molecule has 0 aromatic heterocycles. The quantitative estimate of drug-likeness (QED) is 0.538. The van der Waals surface area contributed by atoms with Crippen molar-refractivity contribution in [2.24, 2.45) is 0 Å². The average Bonchev–Trinajstić information content (AvgIpc) is 1.94. The van der Waals surface area contributed by atoms with Crippen molar-refractivity contribution < 1.29 is 14.6 Å². The van der Waals surface area contributed by atoms with Crippen LogP contribution in [0.25, 0.3) is 0 Å². The smallest absolute Gasteiger partial charge is 0.187 e. The monoisotopic (exact) mass is 144 g/mol. The molecule has 1 aliphatic rings. The Kier molecular flexibility index (Phi) is 2.43. The van der Waals surface area contributed by atoms with Crippen molar-refractivity contribution >= 4 is 0 Å². The average molecular weight is 144 g/mol. The highest BCUT2D eigenvalue weighted by atomic mass is 16.7. The molecule has 1 aliphatic heterocycles. The molecule has 0 unspecified atom stereocenters. The summed E-state index contributed by atoms with van der Waals surface area (Å²) >= 11 is 0. The van der Waals surface area contributed by atoms with Gasteiger partial charge in [-0.3, -0.25) is 0 Å². The van der Waals surface area contributed by atoms with Gasteiger partial charge in [-0.15, -0.1) is 0 Å². The summed E-state index contributed by atoms with van der Waals surface area (Å²) in [7, 11) is 1.51. The summed E-state index contributed by atoms with van der Waals surface area (Å²) in [5, 5.41) is 9.15. The van der Waals surface area contributed by atoms with E-state index in [2.05, 4.69) is 0 Å². The van der Waals surface area contributed by atoms with Gasteiger partial charge < -0.3 is 14.6 Å². The zero-order chi connectivity index (χ0) is 7.56. The SMILES string of the molecule is CO[C@@H]1O[C@H](C)C=C[C@H]1O. The minimum atomic E-state index is -0.624. The van der Waals surface area contributed by atoms with Gasteiger partial charge in [-0.1, -0.05) is 12.2 Å². The molecule has 1 heterocycles. The van der Waals surface area contributed by atoms with Crippen molar-refractivity contribution in [2.45, 2.75) is 25.4 Å². The van der Waals surface area contributed by atoms with E-state index in [1.807, 2.05) is 6.92 Å². The van der Waals surface area contributed by atoms with Gasteiger partial charge >= 0.3 is 0 Å². The maximum absolute atomic E-state index is 9.15. The number of ether oxygens (including phenoxy) is 2. The Morgan fingerprint density at radius 1 is 1.50 bits per heavy atom. The number of hydrogen-bond acceptors (Lipinski definition) is 3. The zero-order valence-electron chi connectivity index (χ0n) is 6.15. The van der Waals surface area contributed by atoms with E-state index in [4.69, 9.17) is 14.6 Å². The van der Waals surface area contributed by atoms with Crippen molar-refractivity contribution in [2.75, 3.05) is 7.11 Å². The fraction of sp³-hybridized carbons (Fsp3) is 0.714. The highest BCUT2D eigenvalue weighted by Gasteiger charge is 2.22. The number of hydrogen-bond donors (Lipinski definition) is 1.